The Balaban J connectivity index is 2.14. The van der Waals surface area contributed by atoms with E-state index < -0.39 is 5.60 Å². The Morgan fingerprint density at radius 1 is 1.32 bits per heavy atom. The molecule has 2 rings (SSSR count). The predicted molar refractivity (Wildman–Crippen MR) is 89.6 cm³/mol. The maximum absolute atomic E-state index is 12.2. The molecule has 1 heterocycles. The first-order valence-corrected chi connectivity index (χ1v) is 8.11. The Kier molecular flexibility index (Phi) is 5.25. The molecule has 1 aromatic carbocycles. The summed E-state index contributed by atoms with van der Waals surface area (Å²) in [6, 6.07) is 5.49. The van der Waals surface area contributed by atoms with Crippen LogP contribution in [-0.4, -0.2) is 35.7 Å². The van der Waals surface area contributed by atoms with E-state index in [0.29, 0.717) is 23.1 Å². The van der Waals surface area contributed by atoms with Gasteiger partial charge in [0.2, 0.25) is 0 Å². The second-order valence-electron chi connectivity index (χ2n) is 6.66. The number of carbonyl (C=O) groups excluding carboxylic acids is 1. The number of nitrogens with two attached hydrogens (primary N) is 1. The average Bonchev–Trinajstić information content (AvgIpc) is 2.40. The number of benzene rings is 1. The van der Waals surface area contributed by atoms with E-state index in [2.05, 4.69) is 0 Å². The maximum atomic E-state index is 12.2. The first-order valence-electron chi connectivity index (χ1n) is 7.36. The quantitative estimate of drug-likeness (QED) is 0.836. The van der Waals surface area contributed by atoms with E-state index in [4.69, 9.17) is 33.7 Å². The van der Waals surface area contributed by atoms with Gasteiger partial charge in [-0.05, 0) is 44.9 Å². The second kappa shape index (κ2) is 6.65. The van der Waals surface area contributed by atoms with Crippen molar-refractivity contribution in [3.63, 3.8) is 0 Å². The van der Waals surface area contributed by atoms with E-state index in [-0.39, 0.29) is 18.1 Å². The van der Waals surface area contributed by atoms with Gasteiger partial charge in [0.1, 0.15) is 5.60 Å². The minimum absolute atomic E-state index is 0.0177. The van der Waals surface area contributed by atoms with Crippen molar-refractivity contribution in [1.29, 1.82) is 0 Å². The molecule has 1 aliphatic rings. The highest BCUT2D eigenvalue weighted by molar-refractivity contribution is 6.42. The number of likely N-dealkylation sites (tertiary alicyclic amines) is 1. The smallest absolute Gasteiger partial charge is 0.410 e. The zero-order chi connectivity index (χ0) is 16.5. The highest BCUT2D eigenvalue weighted by Crippen LogP contribution is 2.31. The van der Waals surface area contributed by atoms with Gasteiger partial charge in [-0.2, -0.15) is 0 Å². The van der Waals surface area contributed by atoms with Gasteiger partial charge in [-0.1, -0.05) is 29.3 Å². The fourth-order valence-corrected chi connectivity index (χ4v) is 2.86. The topological polar surface area (TPSA) is 55.6 Å². The number of amides is 1. The summed E-state index contributed by atoms with van der Waals surface area (Å²) in [6.07, 6.45) is 0.425. The zero-order valence-electron chi connectivity index (χ0n) is 13.1. The Hall–Kier alpha value is -0.970. The van der Waals surface area contributed by atoms with Crippen molar-refractivity contribution in [2.45, 2.75) is 44.8 Å². The highest BCUT2D eigenvalue weighted by Gasteiger charge is 2.32. The average molecular weight is 345 g/mol. The van der Waals surface area contributed by atoms with Gasteiger partial charge in [0, 0.05) is 25.0 Å². The van der Waals surface area contributed by atoms with Crippen molar-refractivity contribution >= 4 is 29.3 Å². The molecule has 0 bridgehead atoms. The van der Waals surface area contributed by atoms with Gasteiger partial charge in [-0.15, -0.1) is 0 Å². The number of ether oxygens (including phenoxy) is 1. The van der Waals surface area contributed by atoms with Crippen molar-refractivity contribution in [3.05, 3.63) is 33.8 Å². The number of piperidine rings is 1. The first kappa shape index (κ1) is 17.4. The van der Waals surface area contributed by atoms with Crippen LogP contribution in [0.15, 0.2) is 18.2 Å². The first-order chi connectivity index (χ1) is 10.2. The van der Waals surface area contributed by atoms with Crippen LogP contribution >= 0.6 is 23.2 Å². The molecule has 22 heavy (non-hydrogen) atoms. The summed E-state index contributed by atoms with van der Waals surface area (Å²) in [5.74, 6) is 0.0241. The van der Waals surface area contributed by atoms with Crippen molar-refractivity contribution in [3.8, 4) is 0 Å². The number of hydrogen-bond donors (Lipinski definition) is 1. The second-order valence-corrected chi connectivity index (χ2v) is 7.47. The molecule has 0 aromatic heterocycles. The molecule has 1 aliphatic heterocycles. The summed E-state index contributed by atoms with van der Waals surface area (Å²) in [5.41, 5.74) is 6.73. The van der Waals surface area contributed by atoms with Gasteiger partial charge in [-0.3, -0.25) is 0 Å². The standard InChI is InChI=1S/C16H22Cl2N2O2/c1-16(2,3)22-15(21)20-7-6-14(19)11(9-20)10-4-5-12(17)13(18)8-10/h4-5,8,11,14H,6-7,9,19H2,1-3H3/t11-,14+/m0/s1. The van der Waals surface area contributed by atoms with E-state index in [9.17, 15) is 4.79 Å². The summed E-state index contributed by atoms with van der Waals surface area (Å²) in [5, 5.41) is 1.01. The van der Waals surface area contributed by atoms with Crippen LogP contribution in [0.2, 0.25) is 10.0 Å². The zero-order valence-corrected chi connectivity index (χ0v) is 14.6. The minimum Gasteiger partial charge on any atom is -0.444 e. The van der Waals surface area contributed by atoms with Crippen LogP contribution in [0.3, 0.4) is 0 Å². The Labute approximate surface area is 141 Å². The normalized spacial score (nSPS) is 22.5. The molecule has 0 aliphatic carbocycles. The van der Waals surface area contributed by atoms with Crippen LogP contribution in [0.5, 0.6) is 0 Å². The van der Waals surface area contributed by atoms with Crippen LogP contribution < -0.4 is 5.73 Å². The number of nitrogens with zero attached hydrogens (tertiary/aromatic N) is 1. The van der Waals surface area contributed by atoms with Gasteiger partial charge in [0.05, 0.1) is 10.0 Å². The molecule has 1 saturated heterocycles. The third-order valence-corrected chi connectivity index (χ3v) is 4.43. The summed E-state index contributed by atoms with van der Waals surface area (Å²) in [6.45, 7) is 6.70. The lowest BCUT2D eigenvalue weighted by molar-refractivity contribution is 0.0186. The molecule has 1 aromatic rings. The number of hydrogen-bond acceptors (Lipinski definition) is 3. The molecule has 0 spiro atoms. The van der Waals surface area contributed by atoms with Crippen molar-refractivity contribution in [2.24, 2.45) is 5.73 Å². The van der Waals surface area contributed by atoms with Crippen molar-refractivity contribution in [2.75, 3.05) is 13.1 Å². The summed E-state index contributed by atoms with van der Waals surface area (Å²) in [4.78, 5) is 13.9. The SMILES string of the molecule is CC(C)(C)OC(=O)N1CC[C@@H](N)[C@H](c2ccc(Cl)c(Cl)c2)C1. The molecule has 4 nitrogen and oxygen atoms in total. The predicted octanol–water partition coefficient (Wildman–Crippen LogP) is 4.05. The molecule has 0 saturated carbocycles. The van der Waals surface area contributed by atoms with Crippen molar-refractivity contribution < 1.29 is 9.53 Å². The largest absolute Gasteiger partial charge is 0.444 e. The van der Waals surface area contributed by atoms with E-state index in [1.807, 2.05) is 32.9 Å². The fraction of sp³-hybridized carbons (Fsp3) is 0.562. The summed E-state index contributed by atoms with van der Waals surface area (Å²) >= 11 is 12.0. The van der Waals surface area contributed by atoms with E-state index >= 15 is 0 Å². The monoisotopic (exact) mass is 344 g/mol. The number of rotatable bonds is 1. The molecule has 1 fully saturated rings. The lowest BCUT2D eigenvalue weighted by atomic mass is 9.87. The van der Waals surface area contributed by atoms with Crippen LogP contribution in [0.25, 0.3) is 0 Å². The minimum atomic E-state index is -0.504. The van der Waals surface area contributed by atoms with E-state index in [0.717, 1.165) is 12.0 Å². The molecule has 0 radical (unpaired) electrons. The molecule has 2 N–H and O–H groups in total. The molecular weight excluding hydrogens is 323 g/mol. The van der Waals surface area contributed by atoms with Gasteiger partial charge in [0.25, 0.3) is 0 Å². The fourth-order valence-electron chi connectivity index (χ4n) is 2.56. The number of halogens is 2. The van der Waals surface area contributed by atoms with E-state index in [1.54, 1.807) is 11.0 Å². The van der Waals surface area contributed by atoms with Crippen LogP contribution in [0.4, 0.5) is 4.79 Å². The van der Waals surface area contributed by atoms with Crippen LogP contribution in [0, 0.1) is 0 Å². The van der Waals surface area contributed by atoms with Gasteiger partial charge in [-0.25, -0.2) is 4.79 Å². The van der Waals surface area contributed by atoms with Crippen molar-refractivity contribution in [1.82, 2.24) is 4.90 Å². The molecule has 2 atom stereocenters. The summed E-state index contributed by atoms with van der Waals surface area (Å²) in [7, 11) is 0. The molecule has 1 amide bonds. The Morgan fingerprint density at radius 2 is 2.00 bits per heavy atom. The maximum Gasteiger partial charge on any atom is 0.410 e. The Bertz CT molecular complexity index is 558. The van der Waals surface area contributed by atoms with Crippen LogP contribution in [-0.2, 0) is 4.74 Å². The van der Waals surface area contributed by atoms with Crippen LogP contribution in [0.1, 0.15) is 38.7 Å². The van der Waals surface area contributed by atoms with Gasteiger partial charge >= 0.3 is 6.09 Å². The molecule has 122 valence electrons. The Morgan fingerprint density at radius 3 is 2.59 bits per heavy atom. The van der Waals surface area contributed by atoms with Gasteiger partial charge in [0.15, 0.2) is 0 Å². The van der Waals surface area contributed by atoms with Gasteiger partial charge < -0.3 is 15.4 Å². The summed E-state index contributed by atoms with van der Waals surface area (Å²) < 4.78 is 5.44. The molecule has 6 heteroatoms. The van der Waals surface area contributed by atoms with E-state index in [1.165, 1.54) is 0 Å². The molecule has 0 unspecified atom stereocenters. The lowest BCUT2D eigenvalue weighted by Gasteiger charge is -2.37. The third-order valence-electron chi connectivity index (χ3n) is 3.69. The molecular formula is C16H22Cl2N2O2. The third kappa shape index (κ3) is 4.28. The lowest BCUT2D eigenvalue weighted by Crippen LogP contribution is -2.49. The highest BCUT2D eigenvalue weighted by atomic mass is 35.5. The number of carbonyl (C=O) groups is 1.